The zero-order chi connectivity index (χ0) is 14.7. The van der Waals surface area contributed by atoms with Gasteiger partial charge in [0, 0.05) is 18.3 Å². The fourth-order valence-corrected chi connectivity index (χ4v) is 2.51. The first-order valence-electron chi connectivity index (χ1n) is 6.90. The number of carbonyl (C=O) groups is 2. The number of carbonyl (C=O) groups excluding carboxylic acids is 1. The number of carboxylic acid groups (broad SMARTS) is 1. The molecule has 108 valence electrons. The van der Waals surface area contributed by atoms with E-state index in [1.165, 1.54) is 12.1 Å². The van der Waals surface area contributed by atoms with Crippen LogP contribution in [0.1, 0.15) is 37.0 Å². The minimum absolute atomic E-state index is 0.118. The number of hydrogen-bond acceptors (Lipinski definition) is 2. The van der Waals surface area contributed by atoms with Gasteiger partial charge in [-0.3, -0.25) is 0 Å². The lowest BCUT2D eigenvalue weighted by Crippen LogP contribution is -2.47. The van der Waals surface area contributed by atoms with Crippen LogP contribution < -0.4 is 5.32 Å². The van der Waals surface area contributed by atoms with Crippen LogP contribution in [0.5, 0.6) is 0 Å². The molecule has 0 radical (unpaired) electrons. The van der Waals surface area contributed by atoms with Crippen LogP contribution in [-0.2, 0) is 0 Å². The van der Waals surface area contributed by atoms with E-state index in [1.807, 2.05) is 4.90 Å². The van der Waals surface area contributed by atoms with Crippen molar-refractivity contribution in [3.8, 4) is 0 Å². The average Bonchev–Trinajstić information content (AvgIpc) is 2.42. The summed E-state index contributed by atoms with van der Waals surface area (Å²) in [6.07, 6.45) is 2.18. The van der Waals surface area contributed by atoms with Crippen LogP contribution in [0, 0.1) is 5.92 Å². The number of rotatable bonds is 2. The molecule has 1 aliphatic heterocycles. The largest absolute Gasteiger partial charge is 0.478 e. The molecule has 1 heterocycles. The normalized spacial score (nSPS) is 22.4. The van der Waals surface area contributed by atoms with E-state index in [-0.39, 0.29) is 17.6 Å². The van der Waals surface area contributed by atoms with Crippen molar-refractivity contribution in [1.82, 2.24) is 4.90 Å². The molecule has 5 nitrogen and oxygen atoms in total. The lowest BCUT2D eigenvalue weighted by Gasteiger charge is -2.37. The monoisotopic (exact) mass is 276 g/mol. The Morgan fingerprint density at radius 3 is 2.50 bits per heavy atom. The summed E-state index contributed by atoms with van der Waals surface area (Å²) in [5.74, 6) is -0.467. The highest BCUT2D eigenvalue weighted by Gasteiger charge is 2.28. The van der Waals surface area contributed by atoms with Gasteiger partial charge in [0.25, 0.3) is 0 Å². The molecule has 0 bridgehead atoms. The SMILES string of the molecule is CC1CCCN(C(=O)Nc2ccc(C(=O)O)cc2)C1C. The van der Waals surface area contributed by atoms with Crippen LogP contribution in [0.3, 0.4) is 0 Å². The summed E-state index contributed by atoms with van der Waals surface area (Å²) in [7, 11) is 0. The van der Waals surface area contributed by atoms with E-state index in [1.54, 1.807) is 12.1 Å². The van der Waals surface area contributed by atoms with Gasteiger partial charge >= 0.3 is 12.0 Å². The maximum atomic E-state index is 12.2. The fraction of sp³-hybridized carbons (Fsp3) is 0.467. The predicted octanol–water partition coefficient (Wildman–Crippen LogP) is 3.04. The Morgan fingerprint density at radius 2 is 1.90 bits per heavy atom. The predicted molar refractivity (Wildman–Crippen MR) is 77.0 cm³/mol. The fourth-order valence-electron chi connectivity index (χ4n) is 2.51. The van der Waals surface area contributed by atoms with Gasteiger partial charge in [-0.2, -0.15) is 0 Å². The van der Waals surface area contributed by atoms with Crippen LogP contribution in [0.25, 0.3) is 0 Å². The smallest absolute Gasteiger partial charge is 0.335 e. The number of benzene rings is 1. The van der Waals surface area contributed by atoms with Gasteiger partial charge in [0.1, 0.15) is 0 Å². The lowest BCUT2D eigenvalue weighted by molar-refractivity contribution is 0.0697. The van der Waals surface area contributed by atoms with Crippen LogP contribution in [0.2, 0.25) is 0 Å². The molecule has 0 aliphatic carbocycles. The third-order valence-corrected chi connectivity index (χ3v) is 4.02. The molecule has 1 aromatic carbocycles. The van der Waals surface area contributed by atoms with Crippen LogP contribution >= 0.6 is 0 Å². The minimum Gasteiger partial charge on any atom is -0.478 e. The highest BCUT2D eigenvalue weighted by atomic mass is 16.4. The summed E-state index contributed by atoms with van der Waals surface area (Å²) >= 11 is 0. The van der Waals surface area contributed by atoms with Crippen LogP contribution in [0.15, 0.2) is 24.3 Å². The van der Waals surface area contributed by atoms with Crippen LogP contribution in [0.4, 0.5) is 10.5 Å². The van der Waals surface area contributed by atoms with Gasteiger partial charge in [0.15, 0.2) is 0 Å². The molecule has 1 aromatic rings. The van der Waals surface area contributed by atoms with E-state index >= 15 is 0 Å². The van der Waals surface area contributed by atoms with Gasteiger partial charge in [-0.15, -0.1) is 0 Å². The number of anilines is 1. The van der Waals surface area contributed by atoms with Gasteiger partial charge in [-0.25, -0.2) is 9.59 Å². The molecule has 0 spiro atoms. The number of aromatic carboxylic acids is 1. The van der Waals surface area contributed by atoms with E-state index < -0.39 is 5.97 Å². The highest BCUT2D eigenvalue weighted by Crippen LogP contribution is 2.23. The first kappa shape index (κ1) is 14.4. The number of hydrogen-bond donors (Lipinski definition) is 2. The summed E-state index contributed by atoms with van der Waals surface area (Å²) < 4.78 is 0. The molecular weight excluding hydrogens is 256 g/mol. The maximum Gasteiger partial charge on any atom is 0.335 e. The standard InChI is InChI=1S/C15H20N2O3/c1-10-4-3-9-17(11(10)2)15(20)16-13-7-5-12(6-8-13)14(18)19/h5-8,10-11H,3-4,9H2,1-2H3,(H,16,20)(H,18,19). The third-order valence-electron chi connectivity index (χ3n) is 4.02. The maximum absolute atomic E-state index is 12.2. The molecule has 5 heteroatoms. The van der Waals surface area contributed by atoms with Crippen molar-refractivity contribution < 1.29 is 14.7 Å². The van der Waals surface area contributed by atoms with Crippen molar-refractivity contribution in [2.24, 2.45) is 5.92 Å². The molecule has 0 saturated carbocycles. The molecule has 1 saturated heterocycles. The van der Waals surface area contributed by atoms with Crippen molar-refractivity contribution in [2.75, 3.05) is 11.9 Å². The molecule has 2 rings (SSSR count). The van der Waals surface area contributed by atoms with E-state index in [2.05, 4.69) is 19.2 Å². The molecule has 0 aromatic heterocycles. The van der Waals surface area contributed by atoms with Gasteiger partial charge in [-0.1, -0.05) is 6.92 Å². The molecule has 2 amide bonds. The quantitative estimate of drug-likeness (QED) is 0.872. The third kappa shape index (κ3) is 3.10. The zero-order valence-electron chi connectivity index (χ0n) is 11.8. The lowest BCUT2D eigenvalue weighted by atomic mass is 9.92. The number of amides is 2. The second-order valence-electron chi connectivity index (χ2n) is 5.37. The molecule has 2 unspecified atom stereocenters. The number of urea groups is 1. The molecule has 2 atom stereocenters. The second-order valence-corrected chi connectivity index (χ2v) is 5.37. The summed E-state index contributed by atoms with van der Waals surface area (Å²) in [6.45, 7) is 4.99. The first-order valence-corrected chi connectivity index (χ1v) is 6.90. The topological polar surface area (TPSA) is 69.6 Å². The van der Waals surface area contributed by atoms with Crippen molar-refractivity contribution >= 4 is 17.7 Å². The summed E-state index contributed by atoms with van der Waals surface area (Å²) in [5, 5.41) is 11.7. The van der Waals surface area contributed by atoms with Crippen molar-refractivity contribution in [3.05, 3.63) is 29.8 Å². The van der Waals surface area contributed by atoms with Crippen molar-refractivity contribution in [1.29, 1.82) is 0 Å². The molecule has 20 heavy (non-hydrogen) atoms. The zero-order valence-corrected chi connectivity index (χ0v) is 11.8. The molecule has 2 N–H and O–H groups in total. The van der Waals surface area contributed by atoms with Crippen LogP contribution in [-0.4, -0.2) is 34.6 Å². The number of carboxylic acids is 1. The van der Waals surface area contributed by atoms with E-state index in [4.69, 9.17) is 5.11 Å². The Labute approximate surface area is 118 Å². The summed E-state index contributed by atoms with van der Waals surface area (Å²) in [5.41, 5.74) is 0.827. The second kappa shape index (κ2) is 5.94. The minimum atomic E-state index is -0.971. The number of nitrogens with zero attached hydrogens (tertiary/aromatic N) is 1. The van der Waals surface area contributed by atoms with Gasteiger partial charge in [0.05, 0.1) is 5.56 Å². The Bertz CT molecular complexity index is 498. The Morgan fingerprint density at radius 1 is 1.25 bits per heavy atom. The average molecular weight is 276 g/mol. The number of likely N-dealkylation sites (tertiary alicyclic amines) is 1. The van der Waals surface area contributed by atoms with Crippen molar-refractivity contribution in [2.45, 2.75) is 32.7 Å². The van der Waals surface area contributed by atoms with Gasteiger partial charge in [-0.05, 0) is 49.9 Å². The summed E-state index contributed by atoms with van der Waals surface area (Å²) in [4.78, 5) is 24.9. The number of piperidine rings is 1. The van der Waals surface area contributed by atoms with E-state index in [0.717, 1.165) is 19.4 Å². The molecule has 1 fully saturated rings. The first-order chi connectivity index (χ1) is 9.49. The van der Waals surface area contributed by atoms with Crippen molar-refractivity contribution in [3.63, 3.8) is 0 Å². The van der Waals surface area contributed by atoms with E-state index in [9.17, 15) is 9.59 Å². The molecular formula is C15H20N2O3. The highest BCUT2D eigenvalue weighted by molar-refractivity contribution is 5.91. The van der Waals surface area contributed by atoms with Gasteiger partial charge < -0.3 is 15.3 Å². The summed E-state index contributed by atoms with van der Waals surface area (Å²) in [6, 6.07) is 6.30. The molecule has 1 aliphatic rings. The Balaban J connectivity index is 2.02. The Kier molecular flexibility index (Phi) is 4.27. The van der Waals surface area contributed by atoms with E-state index in [0.29, 0.717) is 11.6 Å². The van der Waals surface area contributed by atoms with Gasteiger partial charge in [0.2, 0.25) is 0 Å². The Hall–Kier alpha value is -2.04. The number of nitrogens with one attached hydrogen (secondary N) is 1.